The van der Waals surface area contributed by atoms with Crippen molar-refractivity contribution in [2.24, 2.45) is 5.92 Å². The number of ether oxygens (including phenoxy) is 1. The number of rotatable bonds is 3. The number of hydrogen-bond donors (Lipinski definition) is 2. The van der Waals surface area contributed by atoms with Gasteiger partial charge in [-0.2, -0.15) is 0 Å². The minimum absolute atomic E-state index is 0.385. The van der Waals surface area contributed by atoms with Crippen molar-refractivity contribution in [2.75, 3.05) is 32.8 Å². The van der Waals surface area contributed by atoms with Gasteiger partial charge in [0, 0.05) is 31.3 Å². The topological polar surface area (TPSA) is 70.7 Å². The van der Waals surface area contributed by atoms with Crippen molar-refractivity contribution in [3.63, 3.8) is 0 Å². The van der Waals surface area contributed by atoms with Gasteiger partial charge in [-0.05, 0) is 65.5 Å². The summed E-state index contributed by atoms with van der Waals surface area (Å²) in [5, 5.41) is 5.47. The molecule has 0 aromatic carbocycles. The van der Waals surface area contributed by atoms with Gasteiger partial charge in [0.15, 0.2) is 0 Å². The molecule has 0 radical (unpaired) electrons. The first-order chi connectivity index (χ1) is 10.8. The Bertz CT molecular complexity index is 406. The Labute approximate surface area is 139 Å². The highest BCUT2D eigenvalue weighted by atomic mass is 16.5. The molecule has 2 aliphatic rings. The van der Waals surface area contributed by atoms with Gasteiger partial charge in [-0.1, -0.05) is 0 Å². The smallest absolute Gasteiger partial charge is 0.309 e. The third-order valence-electron chi connectivity index (χ3n) is 4.60. The van der Waals surface area contributed by atoms with Crippen molar-refractivity contribution in [3.05, 3.63) is 0 Å². The van der Waals surface area contributed by atoms with Gasteiger partial charge >= 0.3 is 11.8 Å². The molecular weight excluding hydrogens is 294 g/mol. The summed E-state index contributed by atoms with van der Waals surface area (Å²) in [7, 11) is 0. The van der Waals surface area contributed by atoms with Crippen molar-refractivity contribution < 1.29 is 14.3 Å². The van der Waals surface area contributed by atoms with Gasteiger partial charge in [0.1, 0.15) is 0 Å². The second-order valence-electron chi connectivity index (χ2n) is 7.74. The largest absolute Gasteiger partial charge is 0.381 e. The highest BCUT2D eigenvalue weighted by Gasteiger charge is 2.27. The SMILES string of the molecule is CC(C)(C)NC(=O)C(=O)NCC1CCN(C2CCOCC2)CC1. The number of amides is 2. The molecule has 2 rings (SSSR count). The van der Waals surface area contributed by atoms with Crippen LogP contribution in [0.3, 0.4) is 0 Å². The van der Waals surface area contributed by atoms with E-state index < -0.39 is 11.8 Å². The summed E-state index contributed by atoms with van der Waals surface area (Å²) in [6.07, 6.45) is 4.43. The molecule has 0 aromatic heterocycles. The maximum Gasteiger partial charge on any atom is 0.309 e. The van der Waals surface area contributed by atoms with E-state index in [2.05, 4.69) is 15.5 Å². The minimum Gasteiger partial charge on any atom is -0.381 e. The van der Waals surface area contributed by atoms with Gasteiger partial charge in [-0.15, -0.1) is 0 Å². The first kappa shape index (κ1) is 18.2. The number of carbonyl (C=O) groups excluding carboxylic acids is 2. The third-order valence-corrected chi connectivity index (χ3v) is 4.60. The molecule has 0 atom stereocenters. The van der Waals surface area contributed by atoms with Crippen LogP contribution in [0.1, 0.15) is 46.5 Å². The van der Waals surface area contributed by atoms with E-state index in [4.69, 9.17) is 4.74 Å². The Morgan fingerprint density at radius 1 is 1.04 bits per heavy atom. The fourth-order valence-electron chi connectivity index (χ4n) is 3.29. The van der Waals surface area contributed by atoms with Gasteiger partial charge in [-0.25, -0.2) is 0 Å². The van der Waals surface area contributed by atoms with Crippen molar-refractivity contribution >= 4 is 11.8 Å². The van der Waals surface area contributed by atoms with Gasteiger partial charge in [0.05, 0.1) is 0 Å². The van der Waals surface area contributed by atoms with Crippen LogP contribution in [0, 0.1) is 5.92 Å². The van der Waals surface area contributed by atoms with Crippen molar-refractivity contribution in [1.29, 1.82) is 0 Å². The molecule has 0 spiro atoms. The van der Waals surface area contributed by atoms with Gasteiger partial charge in [0.2, 0.25) is 0 Å². The van der Waals surface area contributed by atoms with Crippen molar-refractivity contribution in [3.8, 4) is 0 Å². The molecule has 132 valence electrons. The molecule has 2 saturated heterocycles. The molecular formula is C17H31N3O3. The Hall–Kier alpha value is -1.14. The number of piperidine rings is 1. The predicted octanol–water partition coefficient (Wildman–Crippen LogP) is 0.908. The summed E-state index contributed by atoms with van der Waals surface area (Å²) in [5.74, 6) is -0.596. The van der Waals surface area contributed by atoms with Crippen LogP contribution in [-0.2, 0) is 14.3 Å². The normalized spacial score (nSPS) is 21.9. The van der Waals surface area contributed by atoms with Crippen LogP contribution in [0.2, 0.25) is 0 Å². The summed E-state index contributed by atoms with van der Waals surface area (Å²) < 4.78 is 5.42. The Balaban J connectivity index is 1.66. The summed E-state index contributed by atoms with van der Waals surface area (Å²) in [6.45, 7) is 10.1. The zero-order chi connectivity index (χ0) is 16.9. The van der Waals surface area contributed by atoms with Gasteiger partial charge in [-0.3, -0.25) is 9.59 Å². The number of nitrogens with zero attached hydrogens (tertiary/aromatic N) is 1. The van der Waals surface area contributed by atoms with E-state index in [-0.39, 0.29) is 5.54 Å². The van der Waals surface area contributed by atoms with E-state index in [0.717, 1.165) is 52.0 Å². The molecule has 0 aliphatic carbocycles. The second kappa shape index (κ2) is 8.11. The highest BCUT2D eigenvalue weighted by Crippen LogP contribution is 2.22. The van der Waals surface area contributed by atoms with Crippen LogP contribution in [0.15, 0.2) is 0 Å². The number of nitrogens with one attached hydrogen (secondary N) is 2. The Kier molecular flexibility index (Phi) is 6.41. The predicted molar refractivity (Wildman–Crippen MR) is 89.0 cm³/mol. The average molecular weight is 325 g/mol. The van der Waals surface area contributed by atoms with E-state index >= 15 is 0 Å². The zero-order valence-electron chi connectivity index (χ0n) is 14.7. The fraction of sp³-hybridized carbons (Fsp3) is 0.882. The van der Waals surface area contributed by atoms with E-state index in [9.17, 15) is 9.59 Å². The maximum atomic E-state index is 11.8. The molecule has 2 fully saturated rings. The Morgan fingerprint density at radius 2 is 1.65 bits per heavy atom. The molecule has 2 aliphatic heterocycles. The van der Waals surface area contributed by atoms with E-state index in [1.165, 1.54) is 0 Å². The van der Waals surface area contributed by atoms with Crippen molar-refractivity contribution in [2.45, 2.75) is 58.0 Å². The van der Waals surface area contributed by atoms with Crippen molar-refractivity contribution in [1.82, 2.24) is 15.5 Å². The molecule has 23 heavy (non-hydrogen) atoms. The zero-order valence-corrected chi connectivity index (χ0v) is 14.7. The van der Waals surface area contributed by atoms with Crippen LogP contribution in [0.5, 0.6) is 0 Å². The first-order valence-electron chi connectivity index (χ1n) is 8.77. The van der Waals surface area contributed by atoms with Crippen LogP contribution in [0.4, 0.5) is 0 Å². The average Bonchev–Trinajstić information content (AvgIpc) is 2.52. The highest BCUT2D eigenvalue weighted by molar-refractivity contribution is 6.35. The molecule has 2 heterocycles. The summed E-state index contributed by atoms with van der Waals surface area (Å²) >= 11 is 0. The quantitative estimate of drug-likeness (QED) is 0.757. The Morgan fingerprint density at radius 3 is 2.22 bits per heavy atom. The molecule has 2 N–H and O–H groups in total. The maximum absolute atomic E-state index is 11.8. The molecule has 6 nitrogen and oxygen atoms in total. The number of hydrogen-bond acceptors (Lipinski definition) is 4. The third kappa shape index (κ3) is 6.11. The summed E-state index contributed by atoms with van der Waals surface area (Å²) in [4.78, 5) is 26.1. The molecule has 0 unspecified atom stereocenters. The van der Waals surface area contributed by atoms with E-state index in [1.54, 1.807) is 0 Å². The van der Waals surface area contributed by atoms with Crippen LogP contribution in [0.25, 0.3) is 0 Å². The number of carbonyl (C=O) groups is 2. The lowest BCUT2D eigenvalue weighted by Crippen LogP contribution is -2.50. The lowest BCUT2D eigenvalue weighted by Gasteiger charge is -2.39. The summed E-state index contributed by atoms with van der Waals surface area (Å²) in [5.41, 5.74) is -0.385. The van der Waals surface area contributed by atoms with Crippen LogP contribution in [-0.4, -0.2) is 61.1 Å². The van der Waals surface area contributed by atoms with Gasteiger partial charge in [0.25, 0.3) is 0 Å². The molecule has 0 bridgehead atoms. The fourth-order valence-corrected chi connectivity index (χ4v) is 3.29. The van der Waals surface area contributed by atoms with E-state index in [1.807, 2.05) is 20.8 Å². The molecule has 0 aromatic rings. The number of likely N-dealkylation sites (tertiary alicyclic amines) is 1. The minimum atomic E-state index is -0.544. The monoisotopic (exact) mass is 325 g/mol. The molecule has 0 saturated carbocycles. The van der Waals surface area contributed by atoms with Gasteiger partial charge < -0.3 is 20.3 Å². The lowest BCUT2D eigenvalue weighted by atomic mass is 9.94. The van der Waals surface area contributed by atoms with Crippen LogP contribution >= 0.6 is 0 Å². The van der Waals surface area contributed by atoms with Crippen LogP contribution < -0.4 is 10.6 Å². The summed E-state index contributed by atoms with van der Waals surface area (Å²) in [6, 6.07) is 0.664. The first-order valence-corrected chi connectivity index (χ1v) is 8.77. The molecule has 2 amide bonds. The van der Waals surface area contributed by atoms with E-state index in [0.29, 0.717) is 18.5 Å². The standard InChI is InChI=1S/C17H31N3O3/c1-17(2,3)19-16(22)15(21)18-12-13-4-8-20(9-5-13)14-6-10-23-11-7-14/h13-14H,4-12H2,1-3H3,(H,18,21)(H,19,22). The molecule has 6 heteroatoms. The lowest BCUT2D eigenvalue weighted by molar-refractivity contribution is -0.140. The second-order valence-corrected chi connectivity index (χ2v) is 7.74.